The zero-order valence-corrected chi connectivity index (χ0v) is 15.8. The number of nitrogens with zero attached hydrogens (tertiary/aromatic N) is 1. The van der Waals surface area contributed by atoms with Crippen LogP contribution >= 0.6 is 0 Å². The lowest BCUT2D eigenvalue weighted by Crippen LogP contribution is -2.42. The second-order valence-electron chi connectivity index (χ2n) is 7.80. The number of carbonyl (C=O) groups excluding carboxylic acids is 2. The van der Waals surface area contributed by atoms with E-state index in [1.54, 1.807) is 0 Å². The summed E-state index contributed by atoms with van der Waals surface area (Å²) in [4.78, 5) is 26.5. The van der Waals surface area contributed by atoms with Crippen LogP contribution in [-0.2, 0) is 11.2 Å². The minimum atomic E-state index is 0.0508. The van der Waals surface area contributed by atoms with Crippen molar-refractivity contribution in [1.29, 1.82) is 0 Å². The van der Waals surface area contributed by atoms with Crippen LogP contribution in [-0.4, -0.2) is 35.7 Å². The Bertz CT molecular complexity index is 570. The van der Waals surface area contributed by atoms with Gasteiger partial charge in [-0.05, 0) is 43.6 Å². The molecule has 25 heavy (non-hydrogen) atoms. The maximum Gasteiger partial charge on any atom is 0.223 e. The van der Waals surface area contributed by atoms with Crippen molar-refractivity contribution in [3.8, 4) is 0 Å². The Kier molecular flexibility index (Phi) is 7.18. The van der Waals surface area contributed by atoms with E-state index in [9.17, 15) is 9.59 Å². The maximum atomic E-state index is 12.3. The van der Waals surface area contributed by atoms with E-state index in [-0.39, 0.29) is 24.2 Å². The molecule has 1 aliphatic heterocycles. The normalized spacial score (nSPS) is 16.9. The molecule has 0 aromatic heterocycles. The van der Waals surface area contributed by atoms with Crippen molar-refractivity contribution in [3.05, 3.63) is 35.4 Å². The number of hydrogen-bond donors (Lipinski definition) is 1. The number of amides is 1. The van der Waals surface area contributed by atoms with Gasteiger partial charge in [-0.3, -0.25) is 9.59 Å². The van der Waals surface area contributed by atoms with Crippen molar-refractivity contribution in [2.75, 3.05) is 13.1 Å². The zero-order valence-electron chi connectivity index (χ0n) is 15.8. The third kappa shape index (κ3) is 5.96. The lowest BCUT2D eigenvalue weighted by molar-refractivity contribution is -0.132. The van der Waals surface area contributed by atoms with Crippen molar-refractivity contribution < 1.29 is 9.59 Å². The number of ketones is 1. The van der Waals surface area contributed by atoms with Crippen molar-refractivity contribution in [2.24, 2.45) is 17.6 Å². The van der Waals surface area contributed by atoms with Gasteiger partial charge in [0.15, 0.2) is 5.78 Å². The highest BCUT2D eigenvalue weighted by atomic mass is 16.2. The Balaban J connectivity index is 1.78. The Morgan fingerprint density at radius 1 is 1.08 bits per heavy atom. The largest absolute Gasteiger partial charge is 0.343 e. The van der Waals surface area contributed by atoms with E-state index in [4.69, 9.17) is 5.73 Å². The van der Waals surface area contributed by atoms with Gasteiger partial charge in [-0.25, -0.2) is 0 Å². The molecule has 138 valence electrons. The van der Waals surface area contributed by atoms with Gasteiger partial charge in [0, 0.05) is 37.5 Å². The number of hydrogen-bond acceptors (Lipinski definition) is 3. The Labute approximate surface area is 151 Å². The highest BCUT2D eigenvalue weighted by molar-refractivity contribution is 5.98. The lowest BCUT2D eigenvalue weighted by atomic mass is 9.91. The van der Waals surface area contributed by atoms with E-state index in [0.717, 1.165) is 32.4 Å². The van der Waals surface area contributed by atoms with Crippen molar-refractivity contribution >= 4 is 11.7 Å². The average Bonchev–Trinajstić information content (AvgIpc) is 2.59. The van der Waals surface area contributed by atoms with Crippen LogP contribution in [0.25, 0.3) is 0 Å². The fourth-order valence-corrected chi connectivity index (χ4v) is 3.50. The number of nitrogens with two attached hydrogens (primary N) is 1. The molecule has 1 aliphatic rings. The van der Waals surface area contributed by atoms with E-state index in [1.165, 1.54) is 5.56 Å². The molecule has 2 rings (SSSR count). The van der Waals surface area contributed by atoms with E-state index >= 15 is 0 Å². The summed E-state index contributed by atoms with van der Waals surface area (Å²) in [6.07, 6.45) is 3.54. The number of Topliss-reactive ketones (excluding diaryl/α,β-unsaturated/α-hetero) is 1. The summed E-state index contributed by atoms with van der Waals surface area (Å²) in [5, 5.41) is 0. The summed E-state index contributed by atoms with van der Waals surface area (Å²) in [5.41, 5.74) is 7.89. The predicted molar refractivity (Wildman–Crippen MR) is 102 cm³/mol. The summed E-state index contributed by atoms with van der Waals surface area (Å²) in [6, 6.07) is 8.01. The molecule has 4 heteroatoms. The molecule has 2 N–H and O–H groups in total. The van der Waals surface area contributed by atoms with Crippen molar-refractivity contribution in [2.45, 2.75) is 58.9 Å². The van der Waals surface area contributed by atoms with E-state index < -0.39 is 0 Å². The Morgan fingerprint density at radius 2 is 1.68 bits per heavy atom. The zero-order chi connectivity index (χ0) is 18.4. The lowest BCUT2D eigenvalue weighted by Gasteiger charge is -2.33. The van der Waals surface area contributed by atoms with E-state index in [1.807, 2.05) is 36.1 Å². The second-order valence-corrected chi connectivity index (χ2v) is 7.80. The monoisotopic (exact) mass is 344 g/mol. The molecule has 1 saturated heterocycles. The number of piperidine rings is 1. The number of likely N-dealkylation sites (tertiary alicyclic amines) is 1. The standard InChI is InChI=1S/C21H32N2O2/c1-15(2)14-17-4-6-19(7-5-17)20(24)8-9-21(25)23-12-10-18(11-13-23)16(3)22/h4-7,15-16,18H,8-14,22H2,1-3H3. The van der Waals surface area contributed by atoms with Crippen LogP contribution in [0.3, 0.4) is 0 Å². The summed E-state index contributed by atoms with van der Waals surface area (Å²) < 4.78 is 0. The third-order valence-corrected chi connectivity index (χ3v) is 5.12. The SMILES string of the molecule is CC(C)Cc1ccc(C(=O)CCC(=O)N2CCC(C(C)N)CC2)cc1. The fourth-order valence-electron chi connectivity index (χ4n) is 3.50. The van der Waals surface area contributed by atoms with Gasteiger partial charge in [0.1, 0.15) is 0 Å². The molecule has 0 spiro atoms. The molecule has 1 atom stereocenters. The highest BCUT2D eigenvalue weighted by Crippen LogP contribution is 2.20. The third-order valence-electron chi connectivity index (χ3n) is 5.12. The van der Waals surface area contributed by atoms with Crippen molar-refractivity contribution in [1.82, 2.24) is 4.90 Å². The van der Waals surface area contributed by atoms with Crippen LogP contribution < -0.4 is 5.73 Å². The van der Waals surface area contributed by atoms with Gasteiger partial charge >= 0.3 is 0 Å². The first-order valence-electron chi connectivity index (χ1n) is 9.52. The summed E-state index contributed by atoms with van der Waals surface area (Å²) in [5.74, 6) is 1.25. The second kappa shape index (κ2) is 9.14. The summed E-state index contributed by atoms with van der Waals surface area (Å²) in [6.45, 7) is 7.93. The predicted octanol–water partition coefficient (Wildman–Crippen LogP) is 3.43. The van der Waals surface area contributed by atoms with Gasteiger partial charge in [-0.1, -0.05) is 38.1 Å². The molecule has 1 aromatic carbocycles. The van der Waals surface area contributed by atoms with Gasteiger partial charge in [0.2, 0.25) is 5.91 Å². The quantitative estimate of drug-likeness (QED) is 0.771. The molecule has 0 bridgehead atoms. The van der Waals surface area contributed by atoms with Crippen LogP contribution in [0.1, 0.15) is 62.4 Å². The fraction of sp³-hybridized carbons (Fsp3) is 0.619. The molecule has 0 saturated carbocycles. The summed E-state index contributed by atoms with van der Waals surface area (Å²) >= 11 is 0. The van der Waals surface area contributed by atoms with Crippen LogP contribution in [0.4, 0.5) is 0 Å². The smallest absolute Gasteiger partial charge is 0.223 e. The topological polar surface area (TPSA) is 63.4 Å². The Hall–Kier alpha value is -1.68. The first-order chi connectivity index (χ1) is 11.9. The first-order valence-corrected chi connectivity index (χ1v) is 9.52. The molecular formula is C21H32N2O2. The van der Waals surface area contributed by atoms with Gasteiger partial charge in [0.05, 0.1) is 0 Å². The van der Waals surface area contributed by atoms with Crippen LogP contribution in [0.15, 0.2) is 24.3 Å². The van der Waals surface area contributed by atoms with Crippen LogP contribution in [0.5, 0.6) is 0 Å². The number of rotatable bonds is 7. The van der Waals surface area contributed by atoms with Gasteiger partial charge in [0.25, 0.3) is 0 Å². The molecule has 1 amide bonds. The Morgan fingerprint density at radius 3 is 2.20 bits per heavy atom. The van der Waals surface area contributed by atoms with Gasteiger partial charge < -0.3 is 10.6 Å². The molecular weight excluding hydrogens is 312 g/mol. The first kappa shape index (κ1) is 19.6. The van der Waals surface area contributed by atoms with E-state index in [2.05, 4.69) is 13.8 Å². The molecule has 0 aliphatic carbocycles. The number of benzene rings is 1. The molecule has 4 nitrogen and oxygen atoms in total. The van der Waals surface area contributed by atoms with Crippen LogP contribution in [0, 0.1) is 11.8 Å². The van der Waals surface area contributed by atoms with Gasteiger partial charge in [-0.2, -0.15) is 0 Å². The van der Waals surface area contributed by atoms with Crippen molar-refractivity contribution in [3.63, 3.8) is 0 Å². The van der Waals surface area contributed by atoms with Gasteiger partial charge in [-0.15, -0.1) is 0 Å². The molecule has 1 unspecified atom stereocenters. The van der Waals surface area contributed by atoms with Crippen LogP contribution in [0.2, 0.25) is 0 Å². The minimum absolute atomic E-state index is 0.0508. The maximum absolute atomic E-state index is 12.3. The molecule has 0 radical (unpaired) electrons. The molecule has 1 fully saturated rings. The number of carbonyl (C=O) groups is 2. The molecule has 1 heterocycles. The summed E-state index contributed by atoms with van der Waals surface area (Å²) in [7, 11) is 0. The minimum Gasteiger partial charge on any atom is -0.343 e. The van der Waals surface area contributed by atoms with E-state index in [0.29, 0.717) is 23.8 Å². The highest BCUT2D eigenvalue weighted by Gasteiger charge is 2.24. The average molecular weight is 344 g/mol. The molecule has 1 aromatic rings.